The highest BCUT2D eigenvalue weighted by Crippen LogP contribution is 2.56. The molecule has 9 aromatic rings. The average Bonchev–Trinajstić information content (AvgIpc) is 3.60. The molecule has 1 fully saturated rings. The molecule has 3 heteroatoms. The Hall–Kier alpha value is -7.23. The van der Waals surface area contributed by atoms with E-state index < -0.39 is 0 Å². The second-order valence-electron chi connectivity index (χ2n) is 16.3. The largest absolute Gasteiger partial charge is 0.208 e. The Labute approximate surface area is 352 Å². The van der Waals surface area contributed by atoms with Gasteiger partial charge >= 0.3 is 0 Å². The SMILES string of the molecule is c1ccc(-c2ccc(-c3nc(-c4ccccc4)nc(-c4ccc(-c5cccc(-c6ccc(-c7ccc8c(c7)-c7ccccc7C87CCCCC7)cc6)c5)cc4)n3)cc2)cc1. The summed E-state index contributed by atoms with van der Waals surface area (Å²) in [6.07, 6.45) is 6.50. The summed E-state index contributed by atoms with van der Waals surface area (Å²) in [4.78, 5) is 14.9. The fourth-order valence-electron chi connectivity index (χ4n) is 9.68. The first-order valence-electron chi connectivity index (χ1n) is 21.2. The second-order valence-corrected chi connectivity index (χ2v) is 16.3. The lowest BCUT2D eigenvalue weighted by Crippen LogP contribution is -2.27. The van der Waals surface area contributed by atoms with Crippen LogP contribution in [0.1, 0.15) is 43.2 Å². The zero-order chi connectivity index (χ0) is 39.9. The van der Waals surface area contributed by atoms with E-state index >= 15 is 0 Å². The zero-order valence-electron chi connectivity index (χ0n) is 33.4. The first-order chi connectivity index (χ1) is 29.7. The van der Waals surface area contributed by atoms with Gasteiger partial charge in [-0.25, -0.2) is 15.0 Å². The van der Waals surface area contributed by atoms with E-state index in [0.717, 1.165) is 33.4 Å². The summed E-state index contributed by atoms with van der Waals surface area (Å²) < 4.78 is 0. The minimum absolute atomic E-state index is 0.191. The lowest BCUT2D eigenvalue weighted by Gasteiger charge is -2.36. The van der Waals surface area contributed by atoms with Crippen molar-refractivity contribution >= 4 is 0 Å². The standard InChI is InChI=1S/C57H43N3/c1-4-13-39(14-5-1)40-25-29-45(30-26-40)55-58-54(44-15-6-2-7-16-44)59-56(60-55)46-31-27-42(28-32-46)48-18-12-17-47(37-48)41-21-23-43(24-22-41)49-33-34-53-51(38-49)50-19-8-9-20-52(50)57(53)35-10-3-11-36-57/h1-2,4-9,12-34,37-38H,3,10-11,35-36H2. The molecule has 0 unspecified atom stereocenters. The fraction of sp³-hybridized carbons (Fsp3) is 0.105. The molecule has 2 aliphatic rings. The lowest BCUT2D eigenvalue weighted by atomic mass is 9.68. The topological polar surface area (TPSA) is 38.7 Å². The van der Waals surface area contributed by atoms with Crippen molar-refractivity contribution in [1.29, 1.82) is 0 Å². The van der Waals surface area contributed by atoms with Crippen LogP contribution in [0.25, 0.3) is 89.8 Å². The predicted molar refractivity (Wildman–Crippen MR) is 247 cm³/mol. The Kier molecular flexibility index (Phi) is 9.08. The third-order valence-electron chi connectivity index (χ3n) is 12.8. The van der Waals surface area contributed by atoms with Crippen LogP contribution in [0.4, 0.5) is 0 Å². The van der Waals surface area contributed by atoms with Crippen LogP contribution in [-0.2, 0) is 5.41 Å². The van der Waals surface area contributed by atoms with Crippen LogP contribution in [0.15, 0.2) is 200 Å². The van der Waals surface area contributed by atoms with Crippen LogP contribution < -0.4 is 0 Å². The van der Waals surface area contributed by atoms with Crippen molar-refractivity contribution in [2.45, 2.75) is 37.5 Å². The van der Waals surface area contributed by atoms with E-state index in [1.165, 1.54) is 76.6 Å². The molecule has 0 N–H and O–H groups in total. The molecule has 2 aliphatic carbocycles. The molecule has 1 saturated carbocycles. The van der Waals surface area contributed by atoms with Crippen LogP contribution in [0, 0.1) is 0 Å². The number of benzene rings is 8. The third-order valence-corrected chi connectivity index (χ3v) is 12.8. The van der Waals surface area contributed by atoms with Crippen molar-refractivity contribution in [2.24, 2.45) is 0 Å². The monoisotopic (exact) mass is 769 g/mol. The first kappa shape index (κ1) is 35.9. The summed E-state index contributed by atoms with van der Waals surface area (Å²) in [6.45, 7) is 0. The highest BCUT2D eigenvalue weighted by molar-refractivity contribution is 5.85. The molecule has 1 heterocycles. The molecular weight excluding hydrogens is 727 g/mol. The summed E-state index contributed by atoms with van der Waals surface area (Å²) in [5, 5.41) is 0. The van der Waals surface area contributed by atoms with Gasteiger partial charge in [0, 0.05) is 22.1 Å². The van der Waals surface area contributed by atoms with E-state index in [1.807, 2.05) is 36.4 Å². The fourth-order valence-corrected chi connectivity index (χ4v) is 9.68. The molecule has 1 spiro atoms. The smallest absolute Gasteiger partial charge is 0.164 e. The van der Waals surface area contributed by atoms with Gasteiger partial charge in [0.2, 0.25) is 0 Å². The van der Waals surface area contributed by atoms with Crippen LogP contribution in [0.2, 0.25) is 0 Å². The molecule has 0 radical (unpaired) electrons. The molecule has 3 nitrogen and oxygen atoms in total. The summed E-state index contributed by atoms with van der Waals surface area (Å²) in [5.41, 5.74) is 18.5. The number of fused-ring (bicyclic) bond motifs is 5. The maximum absolute atomic E-state index is 5.01. The van der Waals surface area contributed by atoms with Gasteiger partial charge in [-0.1, -0.05) is 207 Å². The van der Waals surface area contributed by atoms with Crippen molar-refractivity contribution in [3.8, 4) is 89.8 Å². The molecule has 60 heavy (non-hydrogen) atoms. The van der Waals surface area contributed by atoms with Crippen LogP contribution in [0.3, 0.4) is 0 Å². The highest BCUT2D eigenvalue weighted by atomic mass is 15.0. The van der Waals surface area contributed by atoms with Crippen LogP contribution in [-0.4, -0.2) is 15.0 Å². The zero-order valence-corrected chi connectivity index (χ0v) is 33.4. The molecule has 1 aromatic heterocycles. The maximum Gasteiger partial charge on any atom is 0.164 e. The minimum Gasteiger partial charge on any atom is -0.208 e. The van der Waals surface area contributed by atoms with Crippen molar-refractivity contribution in [3.63, 3.8) is 0 Å². The highest BCUT2D eigenvalue weighted by Gasteiger charge is 2.43. The van der Waals surface area contributed by atoms with Gasteiger partial charge in [0.25, 0.3) is 0 Å². The molecule has 0 aliphatic heterocycles. The van der Waals surface area contributed by atoms with E-state index in [9.17, 15) is 0 Å². The summed E-state index contributed by atoms with van der Waals surface area (Å²) in [7, 11) is 0. The van der Waals surface area contributed by atoms with Gasteiger partial charge in [0.15, 0.2) is 17.5 Å². The summed E-state index contributed by atoms with van der Waals surface area (Å²) in [6, 6.07) is 71.9. The second kappa shape index (κ2) is 15.2. The van der Waals surface area contributed by atoms with Gasteiger partial charge in [0.1, 0.15) is 0 Å². The molecule has 0 bridgehead atoms. The number of hydrogen-bond acceptors (Lipinski definition) is 3. The molecule has 286 valence electrons. The predicted octanol–water partition coefficient (Wildman–Crippen LogP) is 14.8. The Balaban J connectivity index is 0.862. The minimum atomic E-state index is 0.191. The van der Waals surface area contributed by atoms with E-state index in [4.69, 9.17) is 15.0 Å². The van der Waals surface area contributed by atoms with E-state index in [-0.39, 0.29) is 5.41 Å². The van der Waals surface area contributed by atoms with Crippen molar-refractivity contribution in [2.75, 3.05) is 0 Å². The van der Waals surface area contributed by atoms with Gasteiger partial charge in [0.05, 0.1) is 0 Å². The maximum atomic E-state index is 5.01. The number of aromatic nitrogens is 3. The van der Waals surface area contributed by atoms with Gasteiger partial charge in [-0.15, -0.1) is 0 Å². The number of rotatable bonds is 7. The molecule has 8 aromatic carbocycles. The number of hydrogen-bond donors (Lipinski definition) is 0. The third kappa shape index (κ3) is 6.53. The normalized spacial score (nSPS) is 13.8. The Bertz CT molecular complexity index is 2960. The molecular formula is C57H43N3. The van der Waals surface area contributed by atoms with Crippen LogP contribution in [0.5, 0.6) is 0 Å². The van der Waals surface area contributed by atoms with E-state index in [1.54, 1.807) is 5.56 Å². The quantitative estimate of drug-likeness (QED) is 0.162. The molecule has 0 saturated heterocycles. The molecule has 0 amide bonds. The summed E-state index contributed by atoms with van der Waals surface area (Å²) in [5.74, 6) is 1.95. The van der Waals surface area contributed by atoms with Crippen molar-refractivity contribution < 1.29 is 0 Å². The Morgan fingerprint density at radius 3 is 1.18 bits per heavy atom. The van der Waals surface area contributed by atoms with Crippen molar-refractivity contribution in [1.82, 2.24) is 15.0 Å². The first-order valence-corrected chi connectivity index (χ1v) is 21.2. The van der Waals surface area contributed by atoms with Gasteiger partial charge in [-0.05, 0) is 91.7 Å². The van der Waals surface area contributed by atoms with Gasteiger partial charge in [-0.2, -0.15) is 0 Å². The Morgan fingerprint density at radius 1 is 0.267 bits per heavy atom. The molecule has 11 rings (SSSR count). The summed E-state index contributed by atoms with van der Waals surface area (Å²) >= 11 is 0. The Morgan fingerprint density at radius 2 is 0.633 bits per heavy atom. The molecule has 0 atom stereocenters. The lowest BCUT2D eigenvalue weighted by molar-refractivity contribution is 0.353. The average molecular weight is 770 g/mol. The number of nitrogens with zero attached hydrogens (tertiary/aromatic N) is 3. The van der Waals surface area contributed by atoms with Gasteiger partial charge in [-0.3, -0.25) is 0 Å². The van der Waals surface area contributed by atoms with Crippen LogP contribution >= 0.6 is 0 Å². The van der Waals surface area contributed by atoms with Crippen molar-refractivity contribution in [3.05, 3.63) is 211 Å². The van der Waals surface area contributed by atoms with E-state index in [2.05, 4.69) is 164 Å². The van der Waals surface area contributed by atoms with E-state index in [0.29, 0.717) is 17.5 Å². The van der Waals surface area contributed by atoms with Gasteiger partial charge < -0.3 is 0 Å².